The number of nitrogens with one attached hydrogen (secondary N) is 1. The molecule has 3 N–H and O–H groups in total. The average molecular weight is 406 g/mol. The number of rotatable bonds is 3. The summed E-state index contributed by atoms with van der Waals surface area (Å²) in [5, 5.41) is 15.2. The summed E-state index contributed by atoms with van der Waals surface area (Å²) in [6, 6.07) is 6.52. The SMILES string of the molecule is CC1=CN=C(C(N)=O)C(C)N1c1ccc2c(c1)CC(c1nn[nH]n1)C21CCCCC1. The van der Waals surface area contributed by atoms with Gasteiger partial charge in [-0.25, -0.2) is 0 Å². The predicted octanol–water partition coefficient (Wildman–Crippen LogP) is 2.74. The molecule has 1 amide bonds. The van der Waals surface area contributed by atoms with Crippen molar-refractivity contribution in [1.29, 1.82) is 0 Å². The highest BCUT2D eigenvalue weighted by Gasteiger charge is 2.49. The average Bonchev–Trinajstić information content (AvgIpc) is 3.35. The van der Waals surface area contributed by atoms with Crippen molar-refractivity contribution < 1.29 is 4.79 Å². The standard InChI is InChI=1S/C22H27N7O/c1-13-12-24-19(20(23)30)14(2)29(13)16-6-7-17-15(10-16)11-18(21-25-27-28-26-21)22(17)8-4-3-5-9-22/h6-7,10,12,14,18H,3-5,8-9,11H2,1-2H3,(H2,23,30)(H,25,26,27,28). The van der Waals surface area contributed by atoms with Crippen LogP contribution in [-0.4, -0.2) is 38.3 Å². The van der Waals surface area contributed by atoms with Crippen LogP contribution in [0.25, 0.3) is 0 Å². The van der Waals surface area contributed by atoms with Crippen molar-refractivity contribution in [3.05, 3.63) is 47.0 Å². The second kappa shape index (κ2) is 7.04. The highest BCUT2D eigenvalue weighted by atomic mass is 16.1. The maximum Gasteiger partial charge on any atom is 0.265 e. The minimum Gasteiger partial charge on any atom is -0.364 e. The lowest BCUT2D eigenvalue weighted by Gasteiger charge is -2.39. The number of anilines is 1. The van der Waals surface area contributed by atoms with Crippen molar-refractivity contribution in [3.63, 3.8) is 0 Å². The van der Waals surface area contributed by atoms with Crippen molar-refractivity contribution in [1.82, 2.24) is 20.6 Å². The molecule has 30 heavy (non-hydrogen) atoms. The van der Waals surface area contributed by atoms with Crippen LogP contribution in [0.2, 0.25) is 0 Å². The fourth-order valence-electron chi connectivity index (χ4n) is 5.90. The largest absolute Gasteiger partial charge is 0.364 e. The summed E-state index contributed by atoms with van der Waals surface area (Å²) in [6.45, 7) is 3.98. The third-order valence-electron chi connectivity index (χ3n) is 7.22. The Balaban J connectivity index is 1.55. The Morgan fingerprint density at radius 1 is 1.27 bits per heavy atom. The Morgan fingerprint density at radius 2 is 2.07 bits per heavy atom. The first-order chi connectivity index (χ1) is 14.5. The summed E-state index contributed by atoms with van der Waals surface area (Å²) in [5.74, 6) is 0.593. The molecule has 1 aromatic carbocycles. The van der Waals surface area contributed by atoms with Gasteiger partial charge in [-0.05, 0) is 56.4 Å². The van der Waals surface area contributed by atoms with Gasteiger partial charge in [0.25, 0.3) is 5.91 Å². The number of aromatic amines is 1. The highest BCUT2D eigenvalue weighted by Crippen LogP contribution is 2.56. The van der Waals surface area contributed by atoms with Gasteiger partial charge in [0, 0.05) is 28.9 Å². The van der Waals surface area contributed by atoms with Crippen LogP contribution in [-0.2, 0) is 16.6 Å². The van der Waals surface area contributed by atoms with E-state index in [9.17, 15) is 4.79 Å². The summed E-state index contributed by atoms with van der Waals surface area (Å²) >= 11 is 0. The van der Waals surface area contributed by atoms with E-state index in [1.54, 1.807) is 6.20 Å². The molecule has 0 saturated heterocycles. The Kier molecular flexibility index (Phi) is 4.45. The number of amides is 1. The van der Waals surface area contributed by atoms with Crippen LogP contribution in [0, 0.1) is 0 Å². The first kappa shape index (κ1) is 19.0. The van der Waals surface area contributed by atoms with Crippen LogP contribution >= 0.6 is 0 Å². The maximum absolute atomic E-state index is 11.8. The Hall–Kier alpha value is -3.03. The molecule has 1 saturated carbocycles. The van der Waals surface area contributed by atoms with Gasteiger partial charge in [-0.15, -0.1) is 10.2 Å². The van der Waals surface area contributed by atoms with E-state index in [2.05, 4.69) is 48.7 Å². The molecule has 2 aromatic rings. The molecular weight excluding hydrogens is 378 g/mol. The van der Waals surface area contributed by atoms with Gasteiger partial charge in [-0.2, -0.15) is 5.21 Å². The molecule has 156 valence electrons. The monoisotopic (exact) mass is 405 g/mol. The Morgan fingerprint density at radius 3 is 2.77 bits per heavy atom. The van der Waals surface area contributed by atoms with Crippen LogP contribution in [0.15, 0.2) is 35.1 Å². The first-order valence-corrected chi connectivity index (χ1v) is 10.7. The molecule has 1 spiro atoms. The number of carbonyl (C=O) groups is 1. The highest BCUT2D eigenvalue weighted by molar-refractivity contribution is 6.41. The number of tetrazole rings is 1. The van der Waals surface area contributed by atoms with Crippen molar-refractivity contribution in [2.45, 2.75) is 69.7 Å². The number of nitrogens with two attached hydrogens (primary N) is 1. The van der Waals surface area contributed by atoms with Gasteiger partial charge >= 0.3 is 0 Å². The molecule has 2 heterocycles. The summed E-state index contributed by atoms with van der Waals surface area (Å²) in [5.41, 5.74) is 10.8. The van der Waals surface area contributed by atoms with Gasteiger partial charge in [-0.3, -0.25) is 9.79 Å². The number of primary amides is 1. The van der Waals surface area contributed by atoms with Crippen LogP contribution in [0.5, 0.6) is 0 Å². The molecular formula is C22H27N7O. The summed E-state index contributed by atoms with van der Waals surface area (Å²) in [6.07, 6.45) is 8.71. The van der Waals surface area contributed by atoms with Gasteiger partial charge in [0.1, 0.15) is 5.71 Å². The molecule has 0 bridgehead atoms. The molecule has 2 aliphatic carbocycles. The number of nitrogens with zero attached hydrogens (tertiary/aromatic N) is 5. The van der Waals surface area contributed by atoms with E-state index < -0.39 is 5.91 Å². The first-order valence-electron chi connectivity index (χ1n) is 10.7. The third kappa shape index (κ3) is 2.77. The number of aromatic nitrogens is 4. The van der Waals surface area contributed by atoms with Gasteiger partial charge < -0.3 is 10.6 Å². The van der Waals surface area contributed by atoms with Crippen molar-refractivity contribution in [2.24, 2.45) is 10.7 Å². The van der Waals surface area contributed by atoms with E-state index >= 15 is 0 Å². The number of hydrogen-bond acceptors (Lipinski definition) is 6. The minimum atomic E-state index is -0.476. The van der Waals surface area contributed by atoms with Crippen LogP contribution < -0.4 is 10.6 Å². The normalized spacial score (nSPS) is 25.1. The fraction of sp³-hybridized carbons (Fsp3) is 0.500. The van der Waals surface area contributed by atoms with E-state index in [-0.39, 0.29) is 17.4 Å². The van der Waals surface area contributed by atoms with E-state index in [1.807, 2.05) is 13.8 Å². The summed E-state index contributed by atoms with van der Waals surface area (Å²) < 4.78 is 0. The quantitative estimate of drug-likeness (QED) is 0.815. The minimum absolute atomic E-state index is 0.0915. The lowest BCUT2D eigenvalue weighted by Crippen LogP contribution is -2.45. The molecule has 1 aliphatic heterocycles. The molecule has 3 aliphatic rings. The Bertz CT molecular complexity index is 1030. The molecule has 2 unspecified atom stereocenters. The topological polar surface area (TPSA) is 113 Å². The van der Waals surface area contributed by atoms with Gasteiger partial charge in [-0.1, -0.05) is 30.5 Å². The second-order valence-corrected chi connectivity index (χ2v) is 8.78. The molecule has 8 heteroatoms. The van der Waals surface area contributed by atoms with Gasteiger partial charge in [0.05, 0.1) is 6.04 Å². The van der Waals surface area contributed by atoms with E-state index in [0.29, 0.717) is 5.71 Å². The van der Waals surface area contributed by atoms with Gasteiger partial charge in [0.2, 0.25) is 0 Å². The molecule has 1 aromatic heterocycles. The lowest BCUT2D eigenvalue weighted by atomic mass is 9.65. The summed E-state index contributed by atoms with van der Waals surface area (Å²) in [4.78, 5) is 18.2. The van der Waals surface area contributed by atoms with Crippen molar-refractivity contribution in [2.75, 3.05) is 4.90 Å². The molecule has 2 atom stereocenters. The van der Waals surface area contributed by atoms with Gasteiger partial charge in [0.15, 0.2) is 5.82 Å². The molecule has 1 fully saturated rings. The van der Waals surface area contributed by atoms with Crippen molar-refractivity contribution >= 4 is 17.3 Å². The fourth-order valence-corrected chi connectivity index (χ4v) is 5.90. The number of fused-ring (bicyclic) bond motifs is 2. The zero-order valence-corrected chi connectivity index (χ0v) is 17.4. The predicted molar refractivity (Wildman–Crippen MR) is 114 cm³/mol. The van der Waals surface area contributed by atoms with Crippen LogP contribution in [0.4, 0.5) is 5.69 Å². The van der Waals surface area contributed by atoms with E-state index in [1.165, 1.54) is 30.4 Å². The number of H-pyrrole nitrogens is 1. The summed E-state index contributed by atoms with van der Waals surface area (Å²) in [7, 11) is 0. The molecule has 0 radical (unpaired) electrons. The van der Waals surface area contributed by atoms with Crippen LogP contribution in [0.3, 0.4) is 0 Å². The zero-order valence-electron chi connectivity index (χ0n) is 17.4. The van der Waals surface area contributed by atoms with E-state index in [4.69, 9.17) is 5.73 Å². The smallest absolute Gasteiger partial charge is 0.265 e. The molecule has 5 rings (SSSR count). The van der Waals surface area contributed by atoms with Crippen molar-refractivity contribution in [3.8, 4) is 0 Å². The number of aliphatic imine (C=N–C) groups is 1. The number of carbonyl (C=O) groups excluding carboxylic acids is 1. The Labute approximate surface area is 175 Å². The van der Waals surface area contributed by atoms with E-state index in [0.717, 1.165) is 36.5 Å². The van der Waals surface area contributed by atoms with Crippen LogP contribution in [0.1, 0.15) is 68.8 Å². The molecule has 8 nitrogen and oxygen atoms in total. The number of hydrogen-bond donors (Lipinski definition) is 2. The third-order valence-corrected chi connectivity index (χ3v) is 7.22. The second-order valence-electron chi connectivity index (χ2n) is 8.78. The zero-order chi connectivity index (χ0) is 20.9. The number of allylic oxidation sites excluding steroid dienone is 1. The lowest BCUT2D eigenvalue weighted by molar-refractivity contribution is -0.112. The maximum atomic E-state index is 11.8. The number of benzene rings is 1.